The van der Waals surface area contributed by atoms with Crippen LogP contribution in [-0.2, 0) is 4.79 Å². The molecule has 0 bridgehead atoms. The van der Waals surface area contributed by atoms with E-state index in [0.717, 1.165) is 49.8 Å². The lowest BCUT2D eigenvalue weighted by molar-refractivity contribution is -0.151. The minimum atomic E-state index is -0.609. The molecule has 2 heterocycles. The SMILES string of the molecule is CC1CCN(C2(C(=O)O)CCSC2)CC1. The fraction of sp³-hybridized carbons (Fsp3) is 0.909. The summed E-state index contributed by atoms with van der Waals surface area (Å²) in [5, 5.41) is 9.43. The standard InChI is InChI=1S/C11H19NO2S/c1-9-2-5-12(6-3-9)11(10(13)14)4-7-15-8-11/h9H,2-8H2,1H3,(H,13,14). The van der Waals surface area contributed by atoms with Crippen molar-refractivity contribution in [3.8, 4) is 0 Å². The van der Waals surface area contributed by atoms with Crippen LogP contribution < -0.4 is 0 Å². The number of carbonyl (C=O) groups is 1. The minimum absolute atomic E-state index is 0.537. The van der Waals surface area contributed by atoms with E-state index in [2.05, 4.69) is 11.8 Å². The lowest BCUT2D eigenvalue weighted by Crippen LogP contribution is -2.57. The summed E-state index contributed by atoms with van der Waals surface area (Å²) < 4.78 is 0. The number of carboxylic acids is 1. The molecule has 0 amide bonds. The van der Waals surface area contributed by atoms with E-state index in [-0.39, 0.29) is 0 Å². The van der Waals surface area contributed by atoms with Gasteiger partial charge in [0, 0.05) is 5.75 Å². The molecule has 2 aliphatic heterocycles. The van der Waals surface area contributed by atoms with E-state index in [9.17, 15) is 9.90 Å². The van der Waals surface area contributed by atoms with Crippen LogP contribution in [0, 0.1) is 5.92 Å². The maximum atomic E-state index is 11.4. The van der Waals surface area contributed by atoms with Crippen molar-refractivity contribution in [2.45, 2.75) is 31.7 Å². The second-order valence-electron chi connectivity index (χ2n) is 4.81. The predicted octanol–water partition coefficient (Wildman–Crippen LogP) is 1.68. The zero-order valence-corrected chi connectivity index (χ0v) is 10.1. The number of thioether (sulfide) groups is 1. The van der Waals surface area contributed by atoms with Crippen LogP contribution in [0.1, 0.15) is 26.2 Å². The Bertz CT molecular complexity index is 243. The van der Waals surface area contributed by atoms with Gasteiger partial charge in [-0.3, -0.25) is 9.69 Å². The quantitative estimate of drug-likeness (QED) is 0.782. The van der Waals surface area contributed by atoms with Crippen LogP contribution in [0.25, 0.3) is 0 Å². The highest BCUT2D eigenvalue weighted by Gasteiger charge is 2.47. The monoisotopic (exact) mass is 229 g/mol. The van der Waals surface area contributed by atoms with Gasteiger partial charge in [-0.05, 0) is 44.0 Å². The molecule has 0 aliphatic carbocycles. The second kappa shape index (κ2) is 4.34. The molecule has 15 heavy (non-hydrogen) atoms. The summed E-state index contributed by atoms with van der Waals surface area (Å²) >= 11 is 1.78. The molecule has 4 heteroatoms. The molecule has 0 spiro atoms. The Labute approximate surface area is 95.2 Å². The summed E-state index contributed by atoms with van der Waals surface area (Å²) in [5.74, 6) is 1.93. The number of nitrogens with zero attached hydrogens (tertiary/aromatic N) is 1. The van der Waals surface area contributed by atoms with Crippen LogP contribution in [0.4, 0.5) is 0 Å². The number of hydrogen-bond donors (Lipinski definition) is 1. The molecule has 0 radical (unpaired) electrons. The van der Waals surface area contributed by atoms with Gasteiger partial charge in [0.1, 0.15) is 5.54 Å². The van der Waals surface area contributed by atoms with Crippen LogP contribution in [0.5, 0.6) is 0 Å². The number of aliphatic carboxylic acids is 1. The van der Waals surface area contributed by atoms with Gasteiger partial charge in [0.25, 0.3) is 0 Å². The first-order valence-corrected chi connectivity index (χ1v) is 6.87. The Hall–Kier alpha value is -0.220. The van der Waals surface area contributed by atoms with Gasteiger partial charge in [-0.15, -0.1) is 0 Å². The zero-order chi connectivity index (χ0) is 10.9. The van der Waals surface area contributed by atoms with Crippen molar-refractivity contribution in [1.82, 2.24) is 4.90 Å². The van der Waals surface area contributed by atoms with Crippen LogP contribution in [0.2, 0.25) is 0 Å². The zero-order valence-electron chi connectivity index (χ0n) is 9.24. The van der Waals surface area contributed by atoms with E-state index in [1.165, 1.54) is 0 Å². The molecule has 2 saturated heterocycles. The molecule has 0 aromatic heterocycles. The number of likely N-dealkylation sites (tertiary alicyclic amines) is 1. The number of carboxylic acid groups (broad SMARTS) is 1. The molecule has 2 rings (SSSR count). The first-order chi connectivity index (χ1) is 7.15. The van der Waals surface area contributed by atoms with E-state index < -0.39 is 11.5 Å². The fourth-order valence-corrected chi connectivity index (χ4v) is 3.96. The van der Waals surface area contributed by atoms with Crippen LogP contribution >= 0.6 is 11.8 Å². The summed E-state index contributed by atoms with van der Waals surface area (Å²) in [6.45, 7) is 4.19. The van der Waals surface area contributed by atoms with Crippen molar-refractivity contribution >= 4 is 17.7 Å². The maximum Gasteiger partial charge on any atom is 0.325 e. The highest BCUT2D eigenvalue weighted by atomic mass is 32.2. The van der Waals surface area contributed by atoms with E-state index in [4.69, 9.17) is 0 Å². The average molecular weight is 229 g/mol. The van der Waals surface area contributed by atoms with Gasteiger partial charge in [0.2, 0.25) is 0 Å². The minimum Gasteiger partial charge on any atom is -0.480 e. The molecule has 0 saturated carbocycles. The number of piperidine rings is 1. The molecule has 1 unspecified atom stereocenters. The second-order valence-corrected chi connectivity index (χ2v) is 5.91. The normalized spacial score (nSPS) is 34.5. The third kappa shape index (κ3) is 2.02. The van der Waals surface area contributed by atoms with Gasteiger partial charge in [-0.2, -0.15) is 11.8 Å². The summed E-state index contributed by atoms with van der Waals surface area (Å²) in [4.78, 5) is 13.7. The molecular weight excluding hydrogens is 210 g/mol. The Kier molecular flexibility index (Phi) is 3.26. The van der Waals surface area contributed by atoms with Gasteiger partial charge in [0.05, 0.1) is 0 Å². The van der Waals surface area contributed by atoms with E-state index >= 15 is 0 Å². The van der Waals surface area contributed by atoms with E-state index in [1.54, 1.807) is 11.8 Å². The average Bonchev–Trinajstić information content (AvgIpc) is 2.69. The molecule has 1 N–H and O–H groups in total. The van der Waals surface area contributed by atoms with Crippen molar-refractivity contribution in [3.05, 3.63) is 0 Å². The highest BCUT2D eigenvalue weighted by molar-refractivity contribution is 7.99. The molecular formula is C11H19NO2S. The van der Waals surface area contributed by atoms with Gasteiger partial charge in [-0.25, -0.2) is 0 Å². The maximum absolute atomic E-state index is 11.4. The van der Waals surface area contributed by atoms with Crippen molar-refractivity contribution in [2.24, 2.45) is 5.92 Å². The third-order valence-electron chi connectivity index (χ3n) is 3.79. The molecule has 86 valence electrons. The van der Waals surface area contributed by atoms with Crippen LogP contribution in [0.3, 0.4) is 0 Å². The number of rotatable bonds is 2. The Morgan fingerprint density at radius 1 is 1.47 bits per heavy atom. The third-order valence-corrected chi connectivity index (χ3v) is 4.96. The van der Waals surface area contributed by atoms with Crippen LogP contribution in [-0.4, -0.2) is 46.1 Å². The van der Waals surface area contributed by atoms with Gasteiger partial charge < -0.3 is 5.11 Å². The molecule has 2 fully saturated rings. The first kappa shape index (κ1) is 11.3. The van der Waals surface area contributed by atoms with Crippen molar-refractivity contribution in [2.75, 3.05) is 24.6 Å². The van der Waals surface area contributed by atoms with Gasteiger partial charge in [-0.1, -0.05) is 6.92 Å². The van der Waals surface area contributed by atoms with Crippen molar-refractivity contribution in [1.29, 1.82) is 0 Å². The summed E-state index contributed by atoms with van der Waals surface area (Å²) in [6.07, 6.45) is 3.13. The van der Waals surface area contributed by atoms with Crippen molar-refractivity contribution < 1.29 is 9.90 Å². The summed E-state index contributed by atoms with van der Waals surface area (Å²) in [7, 11) is 0. The van der Waals surface area contributed by atoms with Crippen LogP contribution in [0.15, 0.2) is 0 Å². The Morgan fingerprint density at radius 2 is 2.13 bits per heavy atom. The number of hydrogen-bond acceptors (Lipinski definition) is 3. The van der Waals surface area contributed by atoms with Gasteiger partial charge >= 0.3 is 5.97 Å². The topological polar surface area (TPSA) is 40.5 Å². The molecule has 0 aromatic rings. The fourth-order valence-electron chi connectivity index (χ4n) is 2.54. The molecule has 0 aromatic carbocycles. The lowest BCUT2D eigenvalue weighted by Gasteiger charge is -2.41. The summed E-state index contributed by atoms with van der Waals surface area (Å²) in [6, 6.07) is 0. The van der Waals surface area contributed by atoms with Crippen molar-refractivity contribution in [3.63, 3.8) is 0 Å². The molecule has 1 atom stereocenters. The highest BCUT2D eigenvalue weighted by Crippen LogP contribution is 2.36. The largest absolute Gasteiger partial charge is 0.480 e. The summed E-state index contributed by atoms with van der Waals surface area (Å²) in [5.41, 5.74) is -0.537. The predicted molar refractivity (Wildman–Crippen MR) is 62.3 cm³/mol. The Morgan fingerprint density at radius 3 is 2.60 bits per heavy atom. The smallest absolute Gasteiger partial charge is 0.325 e. The Balaban J connectivity index is 2.08. The molecule has 3 nitrogen and oxygen atoms in total. The first-order valence-electron chi connectivity index (χ1n) is 5.71. The van der Waals surface area contributed by atoms with Gasteiger partial charge in [0.15, 0.2) is 0 Å². The van der Waals surface area contributed by atoms with E-state index in [0.29, 0.717) is 0 Å². The lowest BCUT2D eigenvalue weighted by atomic mass is 9.90. The van der Waals surface area contributed by atoms with E-state index in [1.807, 2.05) is 0 Å². The molecule has 2 aliphatic rings.